The molecule has 0 aromatic heterocycles. The first-order valence-corrected chi connectivity index (χ1v) is 3.48. The van der Waals surface area contributed by atoms with Crippen molar-refractivity contribution in [3.05, 3.63) is 10.2 Å². The Morgan fingerprint density at radius 3 is 2.12 bits per heavy atom. The van der Waals surface area contributed by atoms with Gasteiger partial charge in [0.15, 0.2) is 0 Å². The van der Waals surface area contributed by atoms with E-state index >= 15 is 0 Å². The van der Waals surface area contributed by atoms with E-state index in [1.165, 1.54) is 0 Å². The van der Waals surface area contributed by atoms with Gasteiger partial charge in [0.1, 0.15) is 5.76 Å². The number of hydrogen-bond donors (Lipinski definition) is 1. The maximum atomic E-state index is 8.90. The van der Waals surface area contributed by atoms with Crippen LogP contribution in [0.15, 0.2) is 10.2 Å². The number of aliphatic hydroxyl groups excluding tert-OH is 1. The molecule has 0 saturated heterocycles. The van der Waals surface area contributed by atoms with Crippen LogP contribution in [0.3, 0.4) is 0 Å². The minimum Gasteiger partial charge on any atom is -0.510 e. The van der Waals surface area contributed by atoms with E-state index in [9.17, 15) is 0 Å². The number of aliphatic hydroxyl groups is 1. The van der Waals surface area contributed by atoms with Crippen LogP contribution in [-0.2, 0) is 0 Å². The molecule has 8 heavy (non-hydrogen) atoms. The van der Waals surface area contributed by atoms with Crippen LogP contribution in [0, 0.1) is 0 Å². The zero-order valence-corrected chi connectivity index (χ0v) is 7.12. The van der Waals surface area contributed by atoms with Gasteiger partial charge in [0.2, 0.25) is 0 Å². The average molecular weight is 199 g/mol. The lowest BCUT2D eigenvalue weighted by molar-refractivity contribution is 0.394. The van der Waals surface area contributed by atoms with Crippen molar-refractivity contribution in [1.82, 2.24) is 0 Å². The molecule has 0 bridgehead atoms. The highest BCUT2D eigenvalue weighted by molar-refractivity contribution is 9.11. The normalized spacial score (nSPS) is 17.5. The Morgan fingerprint density at radius 2 is 2.12 bits per heavy atom. The third-order valence-corrected chi connectivity index (χ3v) is 1.34. The second-order valence-electron chi connectivity index (χ2n) is 1.53. The molecule has 1 nitrogen and oxygen atoms in total. The van der Waals surface area contributed by atoms with Crippen LogP contribution in [0.25, 0.3) is 0 Å². The summed E-state index contributed by atoms with van der Waals surface area (Å²) in [4.78, 5) is 0. The predicted molar refractivity (Wildman–Crippen MR) is 39.6 cm³/mol. The molecule has 1 unspecified atom stereocenters. The number of allylic oxidation sites excluding steroid dienone is 2. The summed E-state index contributed by atoms with van der Waals surface area (Å²) in [6.45, 7) is 3.45. The summed E-state index contributed by atoms with van der Waals surface area (Å²) in [6, 6.07) is 0. The van der Waals surface area contributed by atoms with E-state index in [4.69, 9.17) is 16.7 Å². The molecule has 0 aliphatic carbocycles. The van der Waals surface area contributed by atoms with Gasteiger partial charge in [-0.25, -0.2) is 0 Å². The monoisotopic (exact) mass is 198 g/mol. The Morgan fingerprint density at radius 1 is 1.75 bits per heavy atom. The Bertz CT molecular complexity index is 105. The van der Waals surface area contributed by atoms with Crippen LogP contribution < -0.4 is 0 Å². The van der Waals surface area contributed by atoms with Gasteiger partial charge in [0.05, 0.1) is 5.38 Å². The minimum absolute atomic E-state index is 0.201. The fourth-order valence-corrected chi connectivity index (χ4v) is 0.913. The zero-order valence-electron chi connectivity index (χ0n) is 4.78. The quantitative estimate of drug-likeness (QED) is 0.509. The van der Waals surface area contributed by atoms with Gasteiger partial charge in [-0.3, -0.25) is 0 Å². The molecule has 48 valence electrons. The van der Waals surface area contributed by atoms with Crippen molar-refractivity contribution in [2.24, 2.45) is 0 Å². The fourth-order valence-electron chi connectivity index (χ4n) is 0.274. The third-order valence-electron chi connectivity index (χ3n) is 0.730. The van der Waals surface area contributed by atoms with Gasteiger partial charge in [-0.15, -0.1) is 11.6 Å². The SMILES string of the molecule is C/C(Br)=C(/O)C(C)Cl. The molecule has 0 fully saturated rings. The molecule has 0 saturated carbocycles. The van der Waals surface area contributed by atoms with Crippen molar-refractivity contribution in [2.75, 3.05) is 0 Å². The highest BCUT2D eigenvalue weighted by Gasteiger charge is 2.03. The van der Waals surface area contributed by atoms with Crippen LogP contribution in [0.1, 0.15) is 13.8 Å². The van der Waals surface area contributed by atoms with E-state index in [0.29, 0.717) is 4.48 Å². The van der Waals surface area contributed by atoms with Crippen molar-refractivity contribution < 1.29 is 5.11 Å². The first-order chi connectivity index (χ1) is 3.55. The third kappa shape index (κ3) is 2.58. The van der Waals surface area contributed by atoms with Crippen molar-refractivity contribution in [2.45, 2.75) is 19.2 Å². The van der Waals surface area contributed by atoms with Crippen molar-refractivity contribution in [1.29, 1.82) is 0 Å². The summed E-state index contributed by atoms with van der Waals surface area (Å²) >= 11 is 8.57. The lowest BCUT2D eigenvalue weighted by Gasteiger charge is -2.00. The number of halogens is 2. The van der Waals surface area contributed by atoms with Gasteiger partial charge in [0, 0.05) is 4.48 Å². The zero-order chi connectivity index (χ0) is 6.73. The van der Waals surface area contributed by atoms with Gasteiger partial charge in [0.25, 0.3) is 0 Å². The van der Waals surface area contributed by atoms with Gasteiger partial charge in [-0.1, -0.05) is 15.9 Å². The summed E-state index contributed by atoms with van der Waals surface area (Å²) < 4.78 is 0.694. The summed E-state index contributed by atoms with van der Waals surface area (Å²) in [5.41, 5.74) is 0. The maximum absolute atomic E-state index is 8.90. The van der Waals surface area contributed by atoms with Crippen LogP contribution in [0.2, 0.25) is 0 Å². The Kier molecular flexibility index (Phi) is 3.49. The smallest absolute Gasteiger partial charge is 0.120 e. The molecule has 0 aromatic rings. The molecule has 0 spiro atoms. The lowest BCUT2D eigenvalue weighted by atomic mass is 10.4. The summed E-state index contributed by atoms with van der Waals surface area (Å²) in [6.07, 6.45) is 0. The van der Waals surface area contributed by atoms with E-state index in [1.54, 1.807) is 13.8 Å². The Hall–Kier alpha value is 0.310. The predicted octanol–water partition coefficient (Wildman–Crippen LogP) is 2.80. The van der Waals surface area contributed by atoms with Crippen molar-refractivity contribution in [3.63, 3.8) is 0 Å². The summed E-state index contributed by atoms with van der Waals surface area (Å²) in [5, 5.41) is 8.61. The van der Waals surface area contributed by atoms with E-state index in [-0.39, 0.29) is 11.1 Å². The van der Waals surface area contributed by atoms with Crippen molar-refractivity contribution in [3.8, 4) is 0 Å². The first-order valence-electron chi connectivity index (χ1n) is 2.25. The van der Waals surface area contributed by atoms with Crippen LogP contribution in [0.5, 0.6) is 0 Å². The largest absolute Gasteiger partial charge is 0.510 e. The molecule has 0 aliphatic rings. The second kappa shape index (κ2) is 3.36. The molecule has 0 aliphatic heterocycles. The van der Waals surface area contributed by atoms with Gasteiger partial charge < -0.3 is 5.11 Å². The highest BCUT2D eigenvalue weighted by Crippen LogP contribution is 2.14. The first kappa shape index (κ1) is 8.31. The number of rotatable bonds is 1. The van der Waals surface area contributed by atoms with E-state index in [2.05, 4.69) is 15.9 Å². The maximum Gasteiger partial charge on any atom is 0.120 e. The molecule has 0 amide bonds. The molecular weight excluding hydrogens is 191 g/mol. The molecule has 0 heterocycles. The van der Waals surface area contributed by atoms with Crippen molar-refractivity contribution >= 4 is 27.5 Å². The molecule has 1 N–H and O–H groups in total. The summed E-state index contributed by atoms with van der Waals surface area (Å²) in [7, 11) is 0. The number of hydrogen-bond acceptors (Lipinski definition) is 1. The second-order valence-corrected chi connectivity index (χ2v) is 3.38. The number of alkyl halides is 1. The molecule has 3 heteroatoms. The Balaban J connectivity index is 4.00. The molecule has 1 atom stereocenters. The van der Waals surface area contributed by atoms with Crippen LogP contribution in [0.4, 0.5) is 0 Å². The molecule has 0 rings (SSSR count). The van der Waals surface area contributed by atoms with Crippen LogP contribution in [-0.4, -0.2) is 10.5 Å². The molecule has 0 radical (unpaired) electrons. The topological polar surface area (TPSA) is 20.2 Å². The van der Waals surface area contributed by atoms with Crippen LogP contribution >= 0.6 is 27.5 Å². The summed E-state index contributed by atoms with van der Waals surface area (Å²) in [5.74, 6) is 0.201. The standard InChI is InChI=1S/C5H8BrClO/c1-3(6)5(8)4(2)7/h4,8H,1-2H3/b5-3-. The highest BCUT2D eigenvalue weighted by atomic mass is 79.9. The van der Waals surface area contributed by atoms with E-state index < -0.39 is 0 Å². The van der Waals surface area contributed by atoms with E-state index in [1.807, 2.05) is 0 Å². The Labute approximate surface area is 62.5 Å². The lowest BCUT2D eigenvalue weighted by Crippen LogP contribution is -1.95. The fraction of sp³-hybridized carbons (Fsp3) is 0.600. The average Bonchev–Trinajstić information content (AvgIpc) is 1.64. The van der Waals surface area contributed by atoms with Gasteiger partial charge in [-0.05, 0) is 13.8 Å². The minimum atomic E-state index is -0.297. The molecule has 0 aromatic carbocycles. The van der Waals surface area contributed by atoms with E-state index in [0.717, 1.165) is 0 Å². The molecular formula is C5H8BrClO. The van der Waals surface area contributed by atoms with Gasteiger partial charge in [-0.2, -0.15) is 0 Å². The van der Waals surface area contributed by atoms with Gasteiger partial charge >= 0.3 is 0 Å².